The molecule has 0 radical (unpaired) electrons. The quantitative estimate of drug-likeness (QED) is 0.265. The average Bonchev–Trinajstić information content (AvgIpc) is 2.41. The molecule has 0 aromatic carbocycles. The molecule has 0 saturated heterocycles. The SMILES string of the molecule is CC=C(C)CCC=C(C)CCC=C(C)C.O=P([O-])([O-])[O-].O=P([O-])([O-])[O-].O=P([O-])([O-])[O-]. The monoisotopic (exact) mass is 491 g/mol. The van der Waals surface area contributed by atoms with Crippen molar-refractivity contribution in [2.24, 2.45) is 0 Å². The van der Waals surface area contributed by atoms with Crippen molar-refractivity contribution in [2.75, 3.05) is 0 Å². The zero-order valence-corrected chi connectivity index (χ0v) is 20.0. The van der Waals surface area contributed by atoms with Crippen molar-refractivity contribution >= 4 is 23.5 Å². The minimum absolute atomic E-state index is 1.19. The van der Waals surface area contributed by atoms with E-state index in [2.05, 4.69) is 52.8 Å². The van der Waals surface area contributed by atoms with Crippen LogP contribution in [0, 0.1) is 0 Å². The van der Waals surface area contributed by atoms with Crippen molar-refractivity contribution in [1.82, 2.24) is 0 Å². The molecule has 0 heterocycles. The molecule has 15 heteroatoms. The Morgan fingerprint density at radius 2 is 0.867 bits per heavy atom. The van der Waals surface area contributed by atoms with Gasteiger partial charge in [0.05, 0.1) is 0 Å². The zero-order valence-electron chi connectivity index (χ0n) is 17.3. The van der Waals surface area contributed by atoms with Gasteiger partial charge in [-0.25, -0.2) is 0 Å². The van der Waals surface area contributed by atoms with Gasteiger partial charge in [-0.2, -0.15) is 23.5 Å². The van der Waals surface area contributed by atoms with E-state index in [0.29, 0.717) is 0 Å². The molecule has 0 unspecified atom stereocenters. The van der Waals surface area contributed by atoms with Gasteiger partial charge in [0.2, 0.25) is 0 Å². The first-order valence-electron chi connectivity index (χ1n) is 8.16. The van der Waals surface area contributed by atoms with Crippen LogP contribution in [0.1, 0.15) is 60.3 Å². The van der Waals surface area contributed by atoms with Crippen molar-refractivity contribution in [2.45, 2.75) is 60.3 Å². The molecule has 0 aliphatic rings. The summed E-state index contributed by atoms with van der Waals surface area (Å²) in [5, 5.41) is 0. The fourth-order valence-electron chi connectivity index (χ4n) is 1.38. The standard InChI is InChI=1S/C15H26.3H3O4P/c1-6-14(4)10-8-12-15(5)11-7-9-13(2)3;3*1-5(2,3)4/h6,9,12H,7-8,10-11H2,1-5H3;3*(H3,1,2,3,4)/p-9. The summed E-state index contributed by atoms with van der Waals surface area (Å²) in [6.45, 7) is 10.9. The summed E-state index contributed by atoms with van der Waals surface area (Å²) >= 11 is 0. The molecule has 0 aliphatic heterocycles. The zero-order chi connectivity index (χ0) is 25.2. The second kappa shape index (κ2) is 19.3. The Hall–Kier alpha value is -0.450. The molecule has 0 N–H and O–H groups in total. The smallest absolute Gasteiger partial charge is 0.0288 e. The Labute approximate surface area is 177 Å². The molecule has 30 heavy (non-hydrogen) atoms. The van der Waals surface area contributed by atoms with E-state index in [0.717, 1.165) is 0 Å². The Kier molecular flexibility index (Phi) is 23.7. The fraction of sp³-hybridized carbons (Fsp3) is 0.600. The van der Waals surface area contributed by atoms with Crippen LogP contribution in [0.3, 0.4) is 0 Å². The highest BCUT2D eigenvalue weighted by atomic mass is 31.2. The van der Waals surface area contributed by atoms with E-state index >= 15 is 0 Å². The van der Waals surface area contributed by atoms with Crippen LogP contribution in [0.4, 0.5) is 0 Å². The normalized spacial score (nSPS) is 12.3. The molecule has 0 saturated carbocycles. The number of phosphoric acid groups is 3. The van der Waals surface area contributed by atoms with Crippen molar-refractivity contribution in [3.8, 4) is 0 Å². The van der Waals surface area contributed by atoms with Gasteiger partial charge in [-0.15, -0.1) is 0 Å². The van der Waals surface area contributed by atoms with Gasteiger partial charge in [-0.3, -0.25) is 0 Å². The molecule has 0 fully saturated rings. The first-order chi connectivity index (χ1) is 13.1. The highest BCUT2D eigenvalue weighted by Gasteiger charge is 1.90. The molecule has 182 valence electrons. The molecule has 0 aromatic heterocycles. The number of hydrogen-bond acceptors (Lipinski definition) is 12. The van der Waals surface area contributed by atoms with Crippen LogP contribution in [0.2, 0.25) is 0 Å². The molecule has 0 spiro atoms. The Morgan fingerprint density at radius 3 is 1.13 bits per heavy atom. The lowest BCUT2D eigenvalue weighted by Gasteiger charge is -2.36. The van der Waals surface area contributed by atoms with Crippen molar-refractivity contribution < 1.29 is 57.7 Å². The van der Waals surface area contributed by atoms with E-state index in [-0.39, 0.29) is 0 Å². The summed E-state index contributed by atoms with van der Waals surface area (Å²) in [5.41, 5.74) is 4.44. The molecule has 0 aromatic rings. The van der Waals surface area contributed by atoms with Gasteiger partial charge in [-0.1, -0.05) is 34.9 Å². The van der Waals surface area contributed by atoms with E-state index < -0.39 is 23.5 Å². The van der Waals surface area contributed by atoms with Gasteiger partial charge in [0.15, 0.2) is 0 Å². The second-order valence-corrected chi connectivity index (χ2v) is 8.57. The summed E-state index contributed by atoms with van der Waals surface area (Å²) in [6, 6.07) is 0. The van der Waals surface area contributed by atoms with Gasteiger partial charge >= 0.3 is 0 Å². The van der Waals surface area contributed by atoms with Crippen LogP contribution in [-0.4, -0.2) is 0 Å². The first kappa shape index (κ1) is 36.9. The molecule has 0 atom stereocenters. The molecular weight excluding hydrogens is 465 g/mol. The highest BCUT2D eigenvalue weighted by molar-refractivity contribution is 7.40. The van der Waals surface area contributed by atoms with E-state index in [1.54, 1.807) is 0 Å². The lowest BCUT2D eigenvalue weighted by Crippen LogP contribution is -2.24. The van der Waals surface area contributed by atoms with Crippen molar-refractivity contribution in [3.63, 3.8) is 0 Å². The molecule has 0 amide bonds. The molecule has 0 aliphatic carbocycles. The van der Waals surface area contributed by atoms with Crippen LogP contribution >= 0.6 is 23.5 Å². The third-order valence-electron chi connectivity index (χ3n) is 2.62. The van der Waals surface area contributed by atoms with Crippen LogP contribution in [0.5, 0.6) is 0 Å². The number of rotatable bonds is 6. The lowest BCUT2D eigenvalue weighted by molar-refractivity contribution is -0.434. The first-order valence-corrected chi connectivity index (χ1v) is 12.5. The van der Waals surface area contributed by atoms with Crippen LogP contribution in [-0.2, 0) is 13.7 Å². The lowest BCUT2D eigenvalue weighted by atomic mass is 10.1. The molecule has 0 bridgehead atoms. The largest absolute Gasteiger partial charge is 0.822 e. The van der Waals surface area contributed by atoms with Crippen molar-refractivity contribution in [1.29, 1.82) is 0 Å². The number of hydrogen-bond donors (Lipinski definition) is 0. The Morgan fingerprint density at radius 1 is 0.600 bits per heavy atom. The summed E-state index contributed by atoms with van der Waals surface area (Å²) in [5.74, 6) is 0. The minimum Gasteiger partial charge on any atom is -0.822 e. The Bertz CT molecular complexity index is 590. The van der Waals surface area contributed by atoms with E-state index in [9.17, 15) is 0 Å². The molecular formula is C15H26O12P3-9. The average molecular weight is 491 g/mol. The van der Waals surface area contributed by atoms with E-state index in [4.69, 9.17) is 57.7 Å². The van der Waals surface area contributed by atoms with Crippen molar-refractivity contribution in [3.05, 3.63) is 34.9 Å². The van der Waals surface area contributed by atoms with Gasteiger partial charge in [-0.05, 0) is 60.3 Å². The summed E-state index contributed by atoms with van der Waals surface area (Å²) in [6.07, 6.45) is 11.7. The van der Waals surface area contributed by atoms with Gasteiger partial charge < -0.3 is 57.7 Å². The second-order valence-electron chi connectivity index (χ2n) is 5.89. The van der Waals surface area contributed by atoms with E-state index in [1.165, 1.54) is 42.4 Å². The Balaban J connectivity index is -0.000000184. The van der Waals surface area contributed by atoms with Gasteiger partial charge in [0, 0.05) is 0 Å². The molecule has 0 rings (SSSR count). The minimum atomic E-state index is -5.39. The summed E-state index contributed by atoms with van der Waals surface area (Å²) in [4.78, 5) is 76.9. The maximum Gasteiger partial charge on any atom is -0.0288 e. The summed E-state index contributed by atoms with van der Waals surface area (Å²) in [7, 11) is -16.2. The molecule has 12 nitrogen and oxygen atoms in total. The number of allylic oxidation sites excluding steroid dienone is 6. The van der Waals surface area contributed by atoms with Gasteiger partial charge in [0.1, 0.15) is 0 Å². The predicted octanol–water partition coefficient (Wildman–Crippen LogP) is -3.05. The van der Waals surface area contributed by atoms with Crippen LogP contribution < -0.4 is 44.0 Å². The fourth-order valence-corrected chi connectivity index (χ4v) is 1.38. The summed E-state index contributed by atoms with van der Waals surface area (Å²) < 4.78 is 25.6. The predicted molar refractivity (Wildman–Crippen MR) is 93.9 cm³/mol. The van der Waals surface area contributed by atoms with Crippen LogP contribution in [0.15, 0.2) is 34.9 Å². The third kappa shape index (κ3) is 106. The van der Waals surface area contributed by atoms with Crippen LogP contribution in [0.25, 0.3) is 0 Å². The highest BCUT2D eigenvalue weighted by Crippen LogP contribution is 2.11. The maximum atomic E-state index is 8.55. The van der Waals surface area contributed by atoms with Gasteiger partial charge in [0.25, 0.3) is 0 Å². The van der Waals surface area contributed by atoms with E-state index in [1.807, 2.05) is 0 Å². The maximum absolute atomic E-state index is 8.55. The third-order valence-corrected chi connectivity index (χ3v) is 2.62. The topological polar surface area (TPSA) is 259 Å².